The molecular weight excluding hydrogens is 216 g/mol. The first-order valence-corrected chi connectivity index (χ1v) is 5.64. The minimum absolute atomic E-state index is 0.0846. The third-order valence-electron chi connectivity index (χ3n) is 2.82. The first-order chi connectivity index (χ1) is 8.24. The average molecular weight is 234 g/mol. The Morgan fingerprint density at radius 2 is 1.94 bits per heavy atom. The average Bonchev–Trinajstić information content (AvgIpc) is 2.77. The molecule has 0 saturated carbocycles. The zero-order valence-corrected chi connectivity index (χ0v) is 10.4. The van der Waals surface area contributed by atoms with Gasteiger partial charge >= 0.3 is 0 Å². The molecule has 1 unspecified atom stereocenters. The Balaban J connectivity index is 2.11. The number of fused-ring (bicyclic) bond motifs is 1. The first kappa shape index (κ1) is 12.0. The number of ether oxygens (including phenoxy) is 2. The Kier molecular flexibility index (Phi) is 3.66. The molecule has 4 nitrogen and oxygen atoms in total. The van der Waals surface area contributed by atoms with Crippen molar-refractivity contribution in [1.29, 1.82) is 0 Å². The summed E-state index contributed by atoms with van der Waals surface area (Å²) >= 11 is 0. The van der Waals surface area contributed by atoms with Crippen molar-refractivity contribution in [3.63, 3.8) is 0 Å². The fraction of sp³-hybridized carbons (Fsp3) is 0.385. The molecular formula is C13H18N2O2. The van der Waals surface area contributed by atoms with Gasteiger partial charge in [-0.1, -0.05) is 0 Å². The first-order valence-electron chi connectivity index (χ1n) is 5.64. The van der Waals surface area contributed by atoms with E-state index in [1.165, 1.54) is 5.39 Å². The number of rotatable bonds is 5. The normalized spacial score (nSPS) is 13.2. The second-order valence-corrected chi connectivity index (χ2v) is 4.05. The van der Waals surface area contributed by atoms with Crippen LogP contribution in [0.1, 0.15) is 6.92 Å². The second-order valence-electron chi connectivity index (χ2n) is 4.05. The highest BCUT2D eigenvalue weighted by Gasteiger charge is 2.15. The van der Waals surface area contributed by atoms with E-state index in [2.05, 4.69) is 28.5 Å². The van der Waals surface area contributed by atoms with Gasteiger partial charge in [-0.05, 0) is 31.2 Å². The van der Waals surface area contributed by atoms with Gasteiger partial charge in [-0.2, -0.15) is 0 Å². The molecule has 1 aromatic carbocycles. The topological polar surface area (TPSA) is 46.3 Å². The SMILES string of the molecule is COC(OC)C(C)Nc1ccc2[nH]ccc2c1. The van der Waals surface area contributed by atoms with E-state index in [-0.39, 0.29) is 12.3 Å². The maximum absolute atomic E-state index is 5.22. The summed E-state index contributed by atoms with van der Waals surface area (Å²) in [6, 6.07) is 8.33. The Hall–Kier alpha value is -1.52. The summed E-state index contributed by atoms with van der Waals surface area (Å²) in [6.07, 6.45) is 1.68. The molecule has 0 saturated heterocycles. The number of hydrogen-bond donors (Lipinski definition) is 2. The van der Waals surface area contributed by atoms with Crippen LogP contribution < -0.4 is 5.32 Å². The van der Waals surface area contributed by atoms with Crippen LogP contribution in [-0.2, 0) is 9.47 Å². The van der Waals surface area contributed by atoms with Crippen molar-refractivity contribution in [3.05, 3.63) is 30.5 Å². The van der Waals surface area contributed by atoms with E-state index in [0.29, 0.717) is 0 Å². The van der Waals surface area contributed by atoms with E-state index < -0.39 is 0 Å². The van der Waals surface area contributed by atoms with Gasteiger partial charge in [0.25, 0.3) is 0 Å². The van der Waals surface area contributed by atoms with Gasteiger partial charge < -0.3 is 19.8 Å². The number of hydrogen-bond acceptors (Lipinski definition) is 3. The lowest BCUT2D eigenvalue weighted by atomic mass is 10.2. The Morgan fingerprint density at radius 1 is 1.18 bits per heavy atom. The molecule has 2 N–H and O–H groups in total. The van der Waals surface area contributed by atoms with Crippen LogP contribution in [0.15, 0.2) is 30.5 Å². The lowest BCUT2D eigenvalue weighted by molar-refractivity contribution is -0.109. The van der Waals surface area contributed by atoms with Crippen LogP contribution in [0.4, 0.5) is 5.69 Å². The second kappa shape index (κ2) is 5.21. The molecule has 0 aliphatic rings. The molecule has 2 rings (SSSR count). The largest absolute Gasteiger partial charge is 0.377 e. The smallest absolute Gasteiger partial charge is 0.176 e. The van der Waals surface area contributed by atoms with Crippen LogP contribution in [0, 0.1) is 0 Å². The van der Waals surface area contributed by atoms with Gasteiger partial charge in [-0.3, -0.25) is 0 Å². The van der Waals surface area contributed by atoms with Crippen molar-refractivity contribution in [2.45, 2.75) is 19.3 Å². The van der Waals surface area contributed by atoms with E-state index in [9.17, 15) is 0 Å². The number of nitrogens with one attached hydrogen (secondary N) is 2. The summed E-state index contributed by atoms with van der Waals surface area (Å²) in [6.45, 7) is 2.03. The maximum atomic E-state index is 5.22. The van der Waals surface area contributed by atoms with Crippen LogP contribution >= 0.6 is 0 Å². The third-order valence-corrected chi connectivity index (χ3v) is 2.82. The number of benzene rings is 1. The number of H-pyrrole nitrogens is 1. The van der Waals surface area contributed by atoms with Gasteiger partial charge in [-0.15, -0.1) is 0 Å². The molecule has 17 heavy (non-hydrogen) atoms. The number of anilines is 1. The van der Waals surface area contributed by atoms with Gasteiger partial charge in [0.05, 0.1) is 6.04 Å². The molecule has 0 aliphatic heterocycles. The Morgan fingerprint density at radius 3 is 2.65 bits per heavy atom. The van der Waals surface area contributed by atoms with Crippen LogP contribution in [0.5, 0.6) is 0 Å². The van der Waals surface area contributed by atoms with Crippen LogP contribution in [-0.4, -0.2) is 31.5 Å². The molecule has 1 atom stereocenters. The molecule has 0 aliphatic carbocycles. The van der Waals surface area contributed by atoms with Gasteiger partial charge in [0.1, 0.15) is 0 Å². The van der Waals surface area contributed by atoms with Crippen molar-refractivity contribution in [2.75, 3.05) is 19.5 Å². The highest BCUT2D eigenvalue weighted by atomic mass is 16.7. The van der Waals surface area contributed by atoms with Gasteiger partial charge in [0.2, 0.25) is 0 Å². The van der Waals surface area contributed by atoms with Crippen molar-refractivity contribution in [3.8, 4) is 0 Å². The summed E-state index contributed by atoms with van der Waals surface area (Å²) in [5.74, 6) is 0. The molecule has 4 heteroatoms. The third kappa shape index (κ3) is 2.60. The van der Waals surface area contributed by atoms with E-state index >= 15 is 0 Å². The number of aromatic amines is 1. The van der Waals surface area contributed by atoms with Crippen LogP contribution in [0.3, 0.4) is 0 Å². The van der Waals surface area contributed by atoms with Gasteiger partial charge in [0.15, 0.2) is 6.29 Å². The standard InChI is InChI=1S/C13H18N2O2/c1-9(13(16-2)17-3)15-11-4-5-12-10(8-11)6-7-14-12/h4-9,13-15H,1-3H3. The van der Waals surface area contributed by atoms with E-state index in [1.54, 1.807) is 14.2 Å². The van der Waals surface area contributed by atoms with Crippen LogP contribution in [0.25, 0.3) is 10.9 Å². The molecule has 2 aromatic rings. The maximum Gasteiger partial charge on any atom is 0.176 e. The minimum atomic E-state index is -0.253. The van der Waals surface area contributed by atoms with Crippen molar-refractivity contribution >= 4 is 16.6 Å². The lowest BCUT2D eigenvalue weighted by Crippen LogP contribution is -2.33. The minimum Gasteiger partial charge on any atom is -0.377 e. The molecule has 0 amide bonds. The van der Waals surface area contributed by atoms with Crippen LogP contribution in [0.2, 0.25) is 0 Å². The van der Waals surface area contributed by atoms with Crippen molar-refractivity contribution in [1.82, 2.24) is 4.98 Å². The van der Waals surface area contributed by atoms with E-state index in [1.807, 2.05) is 19.2 Å². The molecule has 92 valence electrons. The Bertz CT molecular complexity index is 477. The molecule has 0 spiro atoms. The van der Waals surface area contributed by atoms with Crippen molar-refractivity contribution in [2.24, 2.45) is 0 Å². The molecule has 0 bridgehead atoms. The molecule has 1 aromatic heterocycles. The zero-order valence-electron chi connectivity index (χ0n) is 10.4. The Labute approximate surface area is 101 Å². The zero-order chi connectivity index (χ0) is 12.3. The molecule has 0 radical (unpaired) electrons. The summed E-state index contributed by atoms with van der Waals surface area (Å²) in [7, 11) is 3.28. The summed E-state index contributed by atoms with van der Waals surface area (Å²) in [5.41, 5.74) is 2.20. The lowest BCUT2D eigenvalue weighted by Gasteiger charge is -2.23. The monoisotopic (exact) mass is 234 g/mol. The van der Waals surface area contributed by atoms with Crippen molar-refractivity contribution < 1.29 is 9.47 Å². The molecule has 0 fully saturated rings. The quantitative estimate of drug-likeness (QED) is 0.782. The van der Waals surface area contributed by atoms with E-state index in [4.69, 9.17) is 9.47 Å². The fourth-order valence-electron chi connectivity index (χ4n) is 1.98. The summed E-state index contributed by atoms with van der Waals surface area (Å²) in [5, 5.41) is 4.55. The highest BCUT2D eigenvalue weighted by Crippen LogP contribution is 2.19. The number of aromatic nitrogens is 1. The fourth-order valence-corrected chi connectivity index (χ4v) is 1.98. The number of methoxy groups -OCH3 is 2. The summed E-state index contributed by atoms with van der Waals surface area (Å²) < 4.78 is 10.4. The van der Waals surface area contributed by atoms with Gasteiger partial charge in [-0.25, -0.2) is 0 Å². The molecule has 1 heterocycles. The highest BCUT2D eigenvalue weighted by molar-refractivity contribution is 5.82. The predicted octanol–water partition coefficient (Wildman–Crippen LogP) is 2.59. The van der Waals surface area contributed by atoms with Gasteiger partial charge in [0, 0.05) is 37.0 Å². The predicted molar refractivity (Wildman–Crippen MR) is 69.2 cm³/mol. The summed E-state index contributed by atoms with van der Waals surface area (Å²) in [4.78, 5) is 3.17. The van der Waals surface area contributed by atoms with E-state index in [0.717, 1.165) is 11.2 Å².